The summed E-state index contributed by atoms with van der Waals surface area (Å²) >= 11 is 2.37. The summed E-state index contributed by atoms with van der Waals surface area (Å²) in [5, 5.41) is 0. The van der Waals surface area contributed by atoms with Crippen LogP contribution in [0.3, 0.4) is 0 Å². The van der Waals surface area contributed by atoms with Gasteiger partial charge in [-0.2, -0.15) is 13.2 Å². The number of benzene rings is 2. The number of halogens is 4. The van der Waals surface area contributed by atoms with Crippen molar-refractivity contribution in [3.8, 4) is 5.75 Å². The third kappa shape index (κ3) is 6.62. The number of hydrogen-bond donors (Lipinski definition) is 0. The second-order valence-electron chi connectivity index (χ2n) is 6.36. The fourth-order valence-electron chi connectivity index (χ4n) is 2.60. The summed E-state index contributed by atoms with van der Waals surface area (Å²) in [6, 6.07) is 12.9. The van der Waals surface area contributed by atoms with Crippen molar-refractivity contribution in [2.75, 3.05) is 4.43 Å². The lowest BCUT2D eigenvalue weighted by Crippen LogP contribution is -2.03. The van der Waals surface area contributed by atoms with Crippen LogP contribution in [0.2, 0.25) is 0 Å². The Morgan fingerprint density at radius 3 is 2.38 bits per heavy atom. The molecule has 7 heteroatoms. The fraction of sp³-hybridized carbons (Fsp3) is 0.227. The molecule has 1 aromatic heterocycles. The molecular weight excluding hydrogens is 494 g/mol. The first-order valence-corrected chi connectivity index (χ1v) is 10.5. The van der Waals surface area contributed by atoms with Crippen LogP contribution in [0.5, 0.6) is 5.75 Å². The van der Waals surface area contributed by atoms with Gasteiger partial charge in [0.15, 0.2) is 0 Å². The quantitative estimate of drug-likeness (QED) is 0.245. The van der Waals surface area contributed by atoms with Gasteiger partial charge >= 0.3 is 6.18 Å². The van der Waals surface area contributed by atoms with E-state index in [0.29, 0.717) is 17.1 Å². The molecule has 3 nitrogen and oxygen atoms in total. The SMILES string of the molecule is FC(F)(F)c1ccc(C=Cc2nc(COc3ccc(CCCI)cc3)co2)cc1. The van der Waals surface area contributed by atoms with Crippen molar-refractivity contribution in [1.29, 1.82) is 0 Å². The highest BCUT2D eigenvalue weighted by molar-refractivity contribution is 14.1. The van der Waals surface area contributed by atoms with Crippen LogP contribution in [-0.2, 0) is 19.2 Å². The average Bonchev–Trinajstić information content (AvgIpc) is 3.17. The van der Waals surface area contributed by atoms with Gasteiger partial charge in [0.25, 0.3) is 0 Å². The predicted molar refractivity (Wildman–Crippen MR) is 115 cm³/mol. The van der Waals surface area contributed by atoms with Crippen LogP contribution >= 0.6 is 22.6 Å². The zero-order valence-electron chi connectivity index (χ0n) is 15.5. The van der Waals surface area contributed by atoms with Gasteiger partial charge in [-0.25, -0.2) is 4.98 Å². The van der Waals surface area contributed by atoms with E-state index in [4.69, 9.17) is 9.15 Å². The number of rotatable bonds is 8. The zero-order valence-corrected chi connectivity index (χ0v) is 17.6. The highest BCUT2D eigenvalue weighted by Crippen LogP contribution is 2.29. The number of aromatic nitrogens is 1. The summed E-state index contributed by atoms with van der Waals surface area (Å²) in [5.41, 5.74) is 1.86. The van der Waals surface area contributed by atoms with Crippen molar-refractivity contribution < 1.29 is 22.3 Å². The zero-order chi connectivity index (χ0) is 20.7. The van der Waals surface area contributed by atoms with Gasteiger partial charge in [-0.3, -0.25) is 0 Å². The fourth-order valence-corrected chi connectivity index (χ4v) is 2.98. The van der Waals surface area contributed by atoms with Crippen LogP contribution < -0.4 is 4.74 Å². The Bertz CT molecular complexity index is 932. The first kappa shape index (κ1) is 21.4. The smallest absolute Gasteiger partial charge is 0.416 e. The van der Waals surface area contributed by atoms with E-state index in [9.17, 15) is 13.2 Å². The summed E-state index contributed by atoms with van der Waals surface area (Å²) in [6.07, 6.45) is 2.62. The molecule has 0 amide bonds. The molecule has 0 N–H and O–H groups in total. The van der Waals surface area contributed by atoms with Gasteiger partial charge in [-0.15, -0.1) is 0 Å². The molecule has 0 aliphatic rings. The molecule has 0 saturated heterocycles. The van der Waals surface area contributed by atoms with Gasteiger partial charge < -0.3 is 9.15 Å². The minimum absolute atomic E-state index is 0.269. The highest BCUT2D eigenvalue weighted by Gasteiger charge is 2.29. The lowest BCUT2D eigenvalue weighted by Gasteiger charge is -2.05. The molecule has 0 aliphatic heterocycles. The molecule has 3 rings (SSSR count). The monoisotopic (exact) mass is 513 g/mol. The normalized spacial score (nSPS) is 11.9. The molecule has 29 heavy (non-hydrogen) atoms. The lowest BCUT2D eigenvalue weighted by molar-refractivity contribution is -0.137. The van der Waals surface area contributed by atoms with Crippen LogP contribution in [0.15, 0.2) is 59.2 Å². The van der Waals surface area contributed by atoms with Crippen molar-refractivity contribution in [3.63, 3.8) is 0 Å². The molecule has 0 unspecified atom stereocenters. The first-order valence-electron chi connectivity index (χ1n) is 9.01. The molecule has 3 aromatic rings. The van der Waals surface area contributed by atoms with E-state index < -0.39 is 11.7 Å². The summed E-state index contributed by atoms with van der Waals surface area (Å²) in [6.45, 7) is 0.269. The number of ether oxygens (including phenoxy) is 1. The highest BCUT2D eigenvalue weighted by atomic mass is 127. The van der Waals surface area contributed by atoms with Crippen LogP contribution in [-0.4, -0.2) is 9.41 Å². The van der Waals surface area contributed by atoms with Gasteiger partial charge in [0.1, 0.15) is 24.3 Å². The van der Waals surface area contributed by atoms with Crippen LogP contribution in [0.25, 0.3) is 12.2 Å². The Morgan fingerprint density at radius 1 is 1.00 bits per heavy atom. The Morgan fingerprint density at radius 2 is 1.72 bits per heavy atom. The third-order valence-corrected chi connectivity index (χ3v) is 4.90. The van der Waals surface area contributed by atoms with Crippen molar-refractivity contribution in [2.24, 2.45) is 0 Å². The maximum Gasteiger partial charge on any atom is 0.416 e. The molecule has 2 aromatic carbocycles. The van der Waals surface area contributed by atoms with Crippen molar-refractivity contribution in [1.82, 2.24) is 4.98 Å². The van der Waals surface area contributed by atoms with Crippen LogP contribution in [0, 0.1) is 0 Å². The van der Waals surface area contributed by atoms with E-state index in [1.54, 1.807) is 12.2 Å². The van der Waals surface area contributed by atoms with Crippen LogP contribution in [0.4, 0.5) is 13.2 Å². The summed E-state index contributed by atoms with van der Waals surface area (Å²) in [7, 11) is 0. The van der Waals surface area contributed by atoms with E-state index >= 15 is 0 Å². The second-order valence-corrected chi connectivity index (χ2v) is 7.43. The van der Waals surface area contributed by atoms with E-state index in [0.717, 1.165) is 35.2 Å². The second kappa shape index (κ2) is 9.96. The van der Waals surface area contributed by atoms with Gasteiger partial charge in [0.2, 0.25) is 5.89 Å². The van der Waals surface area contributed by atoms with E-state index in [-0.39, 0.29) is 6.61 Å². The molecule has 0 aliphatic carbocycles. The topological polar surface area (TPSA) is 35.3 Å². The van der Waals surface area contributed by atoms with Crippen molar-refractivity contribution in [3.05, 3.63) is 83.1 Å². The molecule has 0 saturated carbocycles. The maximum absolute atomic E-state index is 12.6. The predicted octanol–water partition coefficient (Wildman–Crippen LogP) is 6.81. The van der Waals surface area contributed by atoms with Crippen molar-refractivity contribution >= 4 is 34.7 Å². The van der Waals surface area contributed by atoms with E-state index in [2.05, 4.69) is 39.7 Å². The van der Waals surface area contributed by atoms with Gasteiger partial charge in [0, 0.05) is 6.08 Å². The van der Waals surface area contributed by atoms with Gasteiger partial charge in [-0.05, 0) is 58.7 Å². The molecule has 0 bridgehead atoms. The Kier molecular flexibility index (Phi) is 7.35. The molecule has 0 radical (unpaired) electrons. The minimum atomic E-state index is -4.34. The molecule has 152 valence electrons. The van der Waals surface area contributed by atoms with Crippen molar-refractivity contribution in [2.45, 2.75) is 25.6 Å². The Hall–Kier alpha value is -2.29. The third-order valence-electron chi connectivity index (χ3n) is 4.14. The van der Waals surface area contributed by atoms with E-state index in [1.807, 2.05) is 12.1 Å². The maximum atomic E-state index is 12.6. The Labute approximate surface area is 180 Å². The summed E-state index contributed by atoms with van der Waals surface area (Å²) in [5.74, 6) is 1.12. The number of alkyl halides is 4. The molecule has 0 spiro atoms. The standard InChI is InChI=1S/C22H19F3INO2/c23-22(24,25)18-8-3-17(4-9-18)7-12-21-27-19(15-29-21)14-28-20-10-5-16(6-11-20)2-1-13-26/h3-12,15H,1-2,13-14H2. The molecule has 0 atom stereocenters. The molecular formula is C22H19F3INO2. The number of aryl methyl sites for hydroxylation is 1. The Balaban J connectivity index is 1.53. The molecule has 1 heterocycles. The van der Waals surface area contributed by atoms with E-state index in [1.165, 1.54) is 24.0 Å². The largest absolute Gasteiger partial charge is 0.487 e. The number of hydrogen-bond acceptors (Lipinski definition) is 3. The van der Waals surface area contributed by atoms with Gasteiger partial charge in [0.05, 0.1) is 5.56 Å². The lowest BCUT2D eigenvalue weighted by atomic mass is 10.1. The molecule has 0 fully saturated rings. The minimum Gasteiger partial charge on any atom is -0.487 e. The number of oxazole rings is 1. The summed E-state index contributed by atoms with van der Waals surface area (Å²) < 4.78 is 50.0. The van der Waals surface area contributed by atoms with Gasteiger partial charge in [-0.1, -0.05) is 46.9 Å². The number of nitrogens with zero attached hydrogens (tertiary/aromatic N) is 1. The average molecular weight is 513 g/mol. The van der Waals surface area contributed by atoms with Crippen LogP contribution in [0.1, 0.15) is 34.7 Å². The first-order chi connectivity index (χ1) is 13.9. The summed E-state index contributed by atoms with van der Waals surface area (Å²) in [4.78, 5) is 4.30.